The topological polar surface area (TPSA) is 64.0 Å². The summed E-state index contributed by atoms with van der Waals surface area (Å²) in [5.74, 6) is 0. The lowest BCUT2D eigenvalue weighted by molar-refractivity contribution is -0.141. The predicted molar refractivity (Wildman–Crippen MR) is 90.6 cm³/mol. The molecule has 26 heavy (non-hydrogen) atoms. The van der Waals surface area contributed by atoms with E-state index in [4.69, 9.17) is 0 Å². The van der Waals surface area contributed by atoms with E-state index in [1.807, 2.05) is 6.92 Å². The standard InChI is InChI=1S/C17H14F3N3O2S/c1-12-6-8-13(9-7-12)26(24,25)22-14-4-2-3-5-15(14)23-11-10-16(21-23)17(18,19)20/h2-11,22H,1H3. The summed E-state index contributed by atoms with van der Waals surface area (Å²) >= 11 is 0. The van der Waals surface area contributed by atoms with Crippen molar-refractivity contribution in [3.05, 3.63) is 72.1 Å². The van der Waals surface area contributed by atoms with Crippen LogP contribution in [0.25, 0.3) is 5.69 Å². The van der Waals surface area contributed by atoms with E-state index in [-0.39, 0.29) is 16.3 Å². The first kappa shape index (κ1) is 18.0. The van der Waals surface area contributed by atoms with Crippen LogP contribution in [0.5, 0.6) is 0 Å². The quantitative estimate of drug-likeness (QED) is 0.743. The van der Waals surface area contributed by atoms with Crippen molar-refractivity contribution in [1.29, 1.82) is 0 Å². The highest BCUT2D eigenvalue weighted by Crippen LogP contribution is 2.29. The average Bonchev–Trinajstić information content (AvgIpc) is 3.05. The summed E-state index contributed by atoms with van der Waals surface area (Å²) in [6.07, 6.45) is -3.45. The summed E-state index contributed by atoms with van der Waals surface area (Å²) in [6, 6.07) is 13.1. The minimum Gasteiger partial charge on any atom is -0.277 e. The molecule has 0 radical (unpaired) electrons. The first-order valence-corrected chi connectivity index (χ1v) is 8.97. The molecule has 5 nitrogen and oxygen atoms in total. The Morgan fingerprint density at radius 3 is 2.27 bits per heavy atom. The fraction of sp³-hybridized carbons (Fsp3) is 0.118. The third-order valence-electron chi connectivity index (χ3n) is 3.61. The minimum absolute atomic E-state index is 0.0503. The van der Waals surface area contributed by atoms with Crippen LogP contribution in [-0.2, 0) is 16.2 Å². The largest absolute Gasteiger partial charge is 0.435 e. The van der Waals surface area contributed by atoms with Crippen molar-refractivity contribution in [2.45, 2.75) is 18.0 Å². The van der Waals surface area contributed by atoms with E-state index in [1.165, 1.54) is 24.3 Å². The predicted octanol–water partition coefficient (Wildman–Crippen LogP) is 4.00. The van der Waals surface area contributed by atoms with Crippen LogP contribution < -0.4 is 4.72 Å². The Balaban J connectivity index is 1.97. The number of hydrogen-bond acceptors (Lipinski definition) is 3. The highest BCUT2D eigenvalue weighted by Gasteiger charge is 2.33. The monoisotopic (exact) mass is 381 g/mol. The molecule has 1 N–H and O–H groups in total. The number of anilines is 1. The number of sulfonamides is 1. The van der Waals surface area contributed by atoms with Gasteiger partial charge < -0.3 is 0 Å². The van der Waals surface area contributed by atoms with E-state index in [1.54, 1.807) is 24.3 Å². The lowest BCUT2D eigenvalue weighted by Gasteiger charge is -2.13. The van der Waals surface area contributed by atoms with E-state index in [0.717, 1.165) is 22.5 Å². The Morgan fingerprint density at radius 2 is 1.65 bits per heavy atom. The van der Waals surface area contributed by atoms with Crippen LogP contribution in [-0.4, -0.2) is 18.2 Å². The van der Waals surface area contributed by atoms with Crippen LogP contribution in [0.1, 0.15) is 11.3 Å². The van der Waals surface area contributed by atoms with Crippen molar-refractivity contribution >= 4 is 15.7 Å². The molecule has 3 aromatic rings. The van der Waals surface area contributed by atoms with Crippen LogP contribution in [0.4, 0.5) is 18.9 Å². The van der Waals surface area contributed by atoms with Gasteiger partial charge in [0.15, 0.2) is 5.69 Å². The van der Waals surface area contributed by atoms with Gasteiger partial charge in [-0.05, 0) is 37.3 Å². The molecular weight excluding hydrogens is 367 g/mol. The zero-order valence-corrected chi connectivity index (χ0v) is 14.3. The van der Waals surface area contributed by atoms with Gasteiger partial charge in [-0.2, -0.15) is 18.3 Å². The Bertz CT molecular complexity index is 1030. The average molecular weight is 381 g/mol. The molecule has 9 heteroatoms. The summed E-state index contributed by atoms with van der Waals surface area (Å²) < 4.78 is 66.7. The number of para-hydroxylation sites is 2. The Hall–Kier alpha value is -2.81. The van der Waals surface area contributed by atoms with Gasteiger partial charge >= 0.3 is 6.18 Å². The molecule has 0 fully saturated rings. The van der Waals surface area contributed by atoms with Crippen molar-refractivity contribution in [2.75, 3.05) is 4.72 Å². The van der Waals surface area contributed by atoms with Crippen LogP contribution in [0.15, 0.2) is 65.7 Å². The first-order chi connectivity index (χ1) is 12.2. The molecule has 0 saturated carbocycles. The normalized spacial score (nSPS) is 12.2. The van der Waals surface area contributed by atoms with E-state index in [2.05, 4.69) is 9.82 Å². The number of nitrogens with zero attached hydrogens (tertiary/aromatic N) is 2. The molecule has 0 spiro atoms. The zero-order chi connectivity index (χ0) is 18.9. The summed E-state index contributed by atoms with van der Waals surface area (Å²) in [7, 11) is -3.90. The van der Waals surface area contributed by atoms with Gasteiger partial charge in [-0.25, -0.2) is 13.1 Å². The van der Waals surface area contributed by atoms with E-state index in [0.29, 0.717) is 0 Å². The van der Waals surface area contributed by atoms with Crippen molar-refractivity contribution in [1.82, 2.24) is 9.78 Å². The number of halogens is 3. The number of aryl methyl sites for hydroxylation is 1. The van der Waals surface area contributed by atoms with Gasteiger partial charge in [0.05, 0.1) is 16.3 Å². The van der Waals surface area contributed by atoms with Gasteiger partial charge in [0.25, 0.3) is 10.0 Å². The number of alkyl halides is 3. The third-order valence-corrected chi connectivity index (χ3v) is 4.99. The molecule has 0 unspecified atom stereocenters. The number of hydrogen-bond donors (Lipinski definition) is 1. The van der Waals surface area contributed by atoms with E-state index < -0.39 is 21.9 Å². The lowest BCUT2D eigenvalue weighted by Crippen LogP contribution is -2.15. The molecule has 0 aliphatic carbocycles. The smallest absolute Gasteiger partial charge is 0.277 e. The summed E-state index contributed by atoms with van der Waals surface area (Å²) in [6.45, 7) is 1.83. The Morgan fingerprint density at radius 1 is 1.00 bits per heavy atom. The maximum Gasteiger partial charge on any atom is 0.435 e. The number of aromatic nitrogens is 2. The highest BCUT2D eigenvalue weighted by atomic mass is 32.2. The SMILES string of the molecule is Cc1ccc(S(=O)(=O)Nc2ccccc2-n2ccc(C(F)(F)F)n2)cc1. The molecule has 0 saturated heterocycles. The summed E-state index contributed by atoms with van der Waals surface area (Å²) in [4.78, 5) is 0.0503. The van der Waals surface area contributed by atoms with Crippen LogP contribution in [0, 0.1) is 6.92 Å². The van der Waals surface area contributed by atoms with Crippen LogP contribution in [0.3, 0.4) is 0 Å². The number of nitrogens with one attached hydrogen (secondary N) is 1. The molecule has 0 amide bonds. The number of rotatable bonds is 4. The van der Waals surface area contributed by atoms with Gasteiger partial charge in [-0.3, -0.25) is 4.72 Å². The molecule has 1 heterocycles. The summed E-state index contributed by atoms with van der Waals surface area (Å²) in [5.41, 5.74) is 0.137. The van der Waals surface area contributed by atoms with Gasteiger partial charge in [0.2, 0.25) is 0 Å². The Labute approximate surface area is 148 Å². The molecule has 1 aromatic heterocycles. The van der Waals surface area contributed by atoms with Crippen molar-refractivity contribution in [3.63, 3.8) is 0 Å². The first-order valence-electron chi connectivity index (χ1n) is 7.48. The highest BCUT2D eigenvalue weighted by molar-refractivity contribution is 7.92. The van der Waals surface area contributed by atoms with Gasteiger partial charge in [-0.15, -0.1) is 0 Å². The number of benzene rings is 2. The van der Waals surface area contributed by atoms with Crippen LogP contribution >= 0.6 is 0 Å². The fourth-order valence-corrected chi connectivity index (χ4v) is 3.36. The zero-order valence-electron chi connectivity index (χ0n) is 13.5. The maximum atomic E-state index is 12.8. The fourth-order valence-electron chi connectivity index (χ4n) is 2.29. The second-order valence-corrected chi connectivity index (χ2v) is 7.26. The second kappa shape index (κ2) is 6.49. The minimum atomic E-state index is -4.58. The lowest BCUT2D eigenvalue weighted by atomic mass is 10.2. The van der Waals surface area contributed by atoms with Crippen LogP contribution in [0.2, 0.25) is 0 Å². The molecule has 3 rings (SSSR count). The van der Waals surface area contributed by atoms with Crippen molar-refractivity contribution < 1.29 is 21.6 Å². The van der Waals surface area contributed by atoms with Gasteiger partial charge in [0.1, 0.15) is 0 Å². The Kier molecular flexibility index (Phi) is 4.49. The molecule has 0 aliphatic heterocycles. The van der Waals surface area contributed by atoms with Crippen molar-refractivity contribution in [3.8, 4) is 5.69 Å². The van der Waals surface area contributed by atoms with E-state index in [9.17, 15) is 21.6 Å². The third kappa shape index (κ3) is 3.72. The molecule has 0 atom stereocenters. The molecule has 2 aromatic carbocycles. The molecule has 0 aliphatic rings. The van der Waals surface area contributed by atoms with Crippen molar-refractivity contribution in [2.24, 2.45) is 0 Å². The van der Waals surface area contributed by atoms with Gasteiger partial charge in [-0.1, -0.05) is 29.8 Å². The van der Waals surface area contributed by atoms with E-state index >= 15 is 0 Å². The molecular formula is C17H14F3N3O2S. The molecule has 136 valence electrons. The second-order valence-electron chi connectivity index (χ2n) is 5.58. The molecule has 0 bridgehead atoms. The van der Waals surface area contributed by atoms with Gasteiger partial charge in [0, 0.05) is 6.20 Å². The maximum absolute atomic E-state index is 12.8. The summed E-state index contributed by atoms with van der Waals surface area (Å²) in [5, 5.41) is 3.48.